The highest BCUT2D eigenvalue weighted by Gasteiger charge is 2.22. The first kappa shape index (κ1) is 46.2. The lowest BCUT2D eigenvalue weighted by molar-refractivity contribution is -0.130. The molecule has 0 saturated heterocycles. The Balaban J connectivity index is 4.91. The predicted molar refractivity (Wildman–Crippen MR) is 190 cm³/mol. The first-order chi connectivity index (χ1) is 23.8. The van der Waals surface area contributed by atoms with E-state index in [-0.39, 0.29) is 68.3 Å². The van der Waals surface area contributed by atoms with Crippen LogP contribution in [0.15, 0.2) is 0 Å². The number of amides is 6. The summed E-state index contributed by atoms with van der Waals surface area (Å²) >= 11 is 0. The maximum atomic E-state index is 13.1. The van der Waals surface area contributed by atoms with Crippen molar-refractivity contribution in [1.29, 1.82) is 0 Å². The highest BCUT2D eigenvalue weighted by atomic mass is 16.2. The third-order valence-corrected chi connectivity index (χ3v) is 7.76. The summed E-state index contributed by atoms with van der Waals surface area (Å²) in [7, 11) is 10.3. The van der Waals surface area contributed by atoms with E-state index in [9.17, 15) is 38.4 Å². The molecule has 6 amide bonds. The molecule has 0 aliphatic carbocycles. The van der Waals surface area contributed by atoms with Crippen LogP contribution in [0.25, 0.3) is 0 Å². The van der Waals surface area contributed by atoms with Gasteiger partial charge >= 0.3 is 0 Å². The number of hydrogen-bond acceptors (Lipinski definition) is 9. The third kappa shape index (κ3) is 26.2. The van der Waals surface area contributed by atoms with Gasteiger partial charge in [0, 0.05) is 51.2 Å². The van der Waals surface area contributed by atoms with E-state index in [1.54, 1.807) is 0 Å². The molecule has 50 heavy (non-hydrogen) atoms. The van der Waals surface area contributed by atoms with E-state index >= 15 is 0 Å². The van der Waals surface area contributed by atoms with E-state index in [4.69, 9.17) is 21.7 Å². The molecule has 0 aromatic heterocycles. The van der Waals surface area contributed by atoms with Gasteiger partial charge in [-0.3, -0.25) is 38.5 Å². The van der Waals surface area contributed by atoms with Gasteiger partial charge in [-0.15, -0.1) is 0 Å². The molecule has 1 unspecified atom stereocenters. The number of nitrogens with zero attached hydrogens (tertiary/aromatic N) is 2. The number of hydrogen-bond donors (Lipinski definition) is 5. The van der Waals surface area contributed by atoms with Crippen molar-refractivity contribution in [3.63, 3.8) is 0 Å². The summed E-state index contributed by atoms with van der Waals surface area (Å²) in [5.41, 5.74) is 5.11. The third-order valence-electron chi connectivity index (χ3n) is 7.76. The molecule has 278 valence electrons. The van der Waals surface area contributed by atoms with Crippen LogP contribution in [0.4, 0.5) is 0 Å². The molecule has 0 heterocycles. The molecule has 0 aromatic rings. The number of nitrogens with one attached hydrogen (secondary N) is 4. The topological polar surface area (TPSA) is 217 Å². The largest absolute Gasteiger partial charge is 0.449 e. The summed E-state index contributed by atoms with van der Waals surface area (Å²) < 4.78 is 0.540. The van der Waals surface area contributed by atoms with E-state index in [1.165, 1.54) is 4.90 Å². The fraction of sp³-hybridized carbons (Fsp3) is 0.758. The van der Waals surface area contributed by atoms with Crippen LogP contribution in [0, 0.1) is 5.92 Å². The maximum absolute atomic E-state index is 13.1. The molecule has 0 spiro atoms. The van der Waals surface area contributed by atoms with Gasteiger partial charge in [0.1, 0.15) is 18.1 Å². The second-order valence-corrected chi connectivity index (χ2v) is 12.7. The Morgan fingerprint density at radius 2 is 1.20 bits per heavy atom. The van der Waals surface area contributed by atoms with E-state index in [0.29, 0.717) is 94.9 Å². The lowest BCUT2D eigenvalue weighted by Gasteiger charge is -2.22. The summed E-state index contributed by atoms with van der Waals surface area (Å²) in [5, 5.41) is 11.1. The molecule has 0 aliphatic rings. The van der Waals surface area contributed by atoms with Gasteiger partial charge in [-0.1, -0.05) is 26.7 Å². The summed E-state index contributed by atoms with van der Waals surface area (Å²) in [6, 6.07) is -0.876. The van der Waals surface area contributed by atoms with Crippen molar-refractivity contribution in [2.75, 3.05) is 39.3 Å². The van der Waals surface area contributed by atoms with Gasteiger partial charge in [0.25, 0.3) is 0 Å². The molecule has 0 saturated carbocycles. The molecule has 0 fully saturated rings. The standard InChI is InChI=1S/C33H57B2N7O8/c1-25(2)27(44)14-5-3-11-20-39-33(50)26(13-9-12-19-37-29(46)16-8-7-15-28(36)45)40-31(48)24-41(21-22-43)23-30(47)38-18-10-4-6-17-32(49)42(34)35/h22,25-26H,3-21,23-24H2,1-2H3,(H2,36,45)(H,37,46)(H,38,47)(H,39,50)(H,40,48). The first-order valence-corrected chi connectivity index (χ1v) is 17.7. The van der Waals surface area contributed by atoms with E-state index in [2.05, 4.69) is 21.3 Å². The van der Waals surface area contributed by atoms with Crippen LogP contribution >= 0.6 is 0 Å². The van der Waals surface area contributed by atoms with Crippen molar-refractivity contribution in [2.24, 2.45) is 11.7 Å². The zero-order valence-electron chi connectivity index (χ0n) is 30.0. The highest BCUT2D eigenvalue weighted by Crippen LogP contribution is 2.07. The molecule has 0 bridgehead atoms. The van der Waals surface area contributed by atoms with E-state index in [1.807, 2.05) is 13.8 Å². The molecular formula is C33H57B2N7O8. The fourth-order valence-corrected chi connectivity index (χ4v) is 4.80. The minimum absolute atomic E-state index is 0.00681. The van der Waals surface area contributed by atoms with E-state index in [0.717, 1.165) is 12.8 Å². The lowest BCUT2D eigenvalue weighted by atomic mass is 10.0. The molecule has 0 aromatic carbocycles. The maximum Gasteiger partial charge on any atom is 0.242 e. The Hall–Kier alpha value is -3.75. The Morgan fingerprint density at radius 1 is 0.660 bits per heavy atom. The van der Waals surface area contributed by atoms with Crippen LogP contribution in [0.3, 0.4) is 0 Å². The number of nitrogens with two attached hydrogens (primary N) is 1. The molecule has 17 heteroatoms. The fourth-order valence-electron chi connectivity index (χ4n) is 4.80. The monoisotopic (exact) mass is 701 g/mol. The van der Waals surface area contributed by atoms with Crippen LogP contribution in [-0.4, -0.2) is 118 Å². The van der Waals surface area contributed by atoms with Crippen molar-refractivity contribution < 1.29 is 38.4 Å². The predicted octanol–water partition coefficient (Wildman–Crippen LogP) is -0.122. The van der Waals surface area contributed by atoms with Gasteiger partial charge in [-0.05, 0) is 57.8 Å². The first-order valence-electron chi connectivity index (χ1n) is 17.7. The summed E-state index contributed by atoms with van der Waals surface area (Å²) in [6.07, 6.45) is 8.23. The van der Waals surface area contributed by atoms with Crippen molar-refractivity contribution in [3.8, 4) is 0 Å². The molecule has 15 nitrogen and oxygen atoms in total. The number of carbonyl (C=O) groups excluding carboxylic acids is 8. The van der Waals surface area contributed by atoms with Gasteiger partial charge in [0.2, 0.25) is 45.5 Å². The molecule has 6 N–H and O–H groups in total. The van der Waals surface area contributed by atoms with E-state index < -0.39 is 23.8 Å². The zero-order chi connectivity index (χ0) is 37.7. The molecular weight excluding hydrogens is 644 g/mol. The van der Waals surface area contributed by atoms with Crippen LogP contribution < -0.4 is 27.0 Å². The molecule has 4 radical (unpaired) electrons. The SMILES string of the molecule is [B]N([B])C(=O)CCCCCNC(=O)CN(CC=O)CC(=O)NC(CCCCNC(=O)CCCCC(N)=O)C(=O)NCCCCCC(=O)C(C)C. The summed E-state index contributed by atoms with van der Waals surface area (Å²) in [5.74, 6) is -2.03. The number of unbranched alkanes of at least 4 members (excludes halogenated alkanes) is 6. The van der Waals surface area contributed by atoms with Crippen LogP contribution in [-0.2, 0) is 38.4 Å². The van der Waals surface area contributed by atoms with Crippen molar-refractivity contribution >= 4 is 63.5 Å². The average molecular weight is 701 g/mol. The normalized spacial score (nSPS) is 11.4. The van der Waals surface area contributed by atoms with Gasteiger partial charge < -0.3 is 36.5 Å². The number of primary amides is 1. The lowest BCUT2D eigenvalue weighted by Crippen LogP contribution is -2.50. The Kier molecular flexibility index (Phi) is 26.8. The Labute approximate surface area is 299 Å². The molecule has 0 rings (SSSR count). The number of carbonyl (C=O) groups is 8. The van der Waals surface area contributed by atoms with Crippen molar-refractivity contribution in [1.82, 2.24) is 30.9 Å². The van der Waals surface area contributed by atoms with Crippen LogP contribution in [0.2, 0.25) is 0 Å². The van der Waals surface area contributed by atoms with Gasteiger partial charge in [-0.25, -0.2) is 0 Å². The van der Waals surface area contributed by atoms with Crippen LogP contribution in [0.1, 0.15) is 110 Å². The second kappa shape index (κ2) is 29.0. The second-order valence-electron chi connectivity index (χ2n) is 12.7. The minimum Gasteiger partial charge on any atom is -0.449 e. The molecule has 1 atom stereocenters. The van der Waals surface area contributed by atoms with Crippen molar-refractivity contribution in [2.45, 2.75) is 116 Å². The van der Waals surface area contributed by atoms with Crippen molar-refractivity contribution in [3.05, 3.63) is 0 Å². The highest BCUT2D eigenvalue weighted by molar-refractivity contribution is 6.34. The number of Topliss-reactive ketones (excluding diaryl/α,β-unsaturated/α-hetero) is 1. The summed E-state index contributed by atoms with van der Waals surface area (Å²) in [4.78, 5) is 97.3. The van der Waals surface area contributed by atoms with Gasteiger partial charge in [0.05, 0.1) is 19.6 Å². The number of ketones is 1. The number of aldehydes is 1. The molecule has 0 aliphatic heterocycles. The number of rotatable bonds is 31. The average Bonchev–Trinajstić information content (AvgIpc) is 3.04. The Morgan fingerprint density at radius 3 is 1.80 bits per heavy atom. The minimum atomic E-state index is -0.876. The Bertz CT molecular complexity index is 1080. The van der Waals surface area contributed by atoms with Gasteiger partial charge in [-0.2, -0.15) is 0 Å². The van der Waals surface area contributed by atoms with Gasteiger partial charge in [0.15, 0.2) is 5.91 Å². The van der Waals surface area contributed by atoms with Crippen LogP contribution in [0.5, 0.6) is 0 Å². The smallest absolute Gasteiger partial charge is 0.242 e. The quantitative estimate of drug-likeness (QED) is 0.0369. The summed E-state index contributed by atoms with van der Waals surface area (Å²) in [6.45, 7) is 4.16. The zero-order valence-corrected chi connectivity index (χ0v) is 30.0.